The Morgan fingerprint density at radius 2 is 1.71 bits per heavy atom. The van der Waals surface area contributed by atoms with Crippen molar-refractivity contribution in [2.24, 2.45) is 0 Å². The van der Waals surface area contributed by atoms with Crippen LogP contribution in [0.15, 0.2) is 23.3 Å². The first-order chi connectivity index (χ1) is 6.45. The Morgan fingerprint density at radius 1 is 1.14 bits per heavy atom. The fourth-order valence-corrected chi connectivity index (χ4v) is 0.959. The normalized spacial score (nSPS) is 10.7. The molecule has 0 aromatic rings. The van der Waals surface area contributed by atoms with Gasteiger partial charge in [0.1, 0.15) is 0 Å². The molecule has 0 N–H and O–H groups in total. The van der Waals surface area contributed by atoms with E-state index in [1.54, 1.807) is 13.0 Å². The van der Waals surface area contributed by atoms with Crippen molar-refractivity contribution >= 4 is 11.8 Å². The molecule has 0 bridgehead atoms. The number of rotatable bonds is 4. The summed E-state index contributed by atoms with van der Waals surface area (Å²) in [6.07, 6.45) is 3.16. The highest BCUT2D eigenvalue weighted by Gasteiger charge is 2.01. The van der Waals surface area contributed by atoms with Crippen LogP contribution in [0.25, 0.3) is 0 Å². The summed E-state index contributed by atoms with van der Waals surface area (Å²) in [4.78, 5) is 22.1. The van der Waals surface area contributed by atoms with Gasteiger partial charge in [-0.25, -0.2) is 4.79 Å². The van der Waals surface area contributed by atoms with Gasteiger partial charge in [-0.15, -0.1) is 0 Å². The number of ketones is 1. The number of methoxy groups -OCH3 is 1. The Morgan fingerprint density at radius 3 is 2.14 bits per heavy atom. The molecule has 0 aromatic heterocycles. The van der Waals surface area contributed by atoms with Gasteiger partial charge in [-0.3, -0.25) is 4.79 Å². The largest absolute Gasteiger partial charge is 0.466 e. The molecular formula is C11H16O3. The lowest BCUT2D eigenvalue weighted by Crippen LogP contribution is -1.99. The summed E-state index contributed by atoms with van der Waals surface area (Å²) in [5.41, 5.74) is 1.67. The lowest BCUT2D eigenvalue weighted by atomic mass is 10.1. The molecule has 0 aliphatic heterocycles. The van der Waals surface area contributed by atoms with Crippen LogP contribution >= 0.6 is 0 Å². The summed E-state index contributed by atoms with van der Waals surface area (Å²) in [5, 5.41) is 0. The minimum atomic E-state index is -0.424. The number of hydrogen-bond acceptors (Lipinski definition) is 3. The molecule has 0 amide bonds. The molecule has 0 rings (SSSR count). The Bertz CT molecular complexity index is 281. The highest BCUT2D eigenvalue weighted by molar-refractivity contribution is 5.93. The Hall–Kier alpha value is -1.38. The van der Waals surface area contributed by atoms with Crippen LogP contribution in [0.1, 0.15) is 27.2 Å². The van der Waals surface area contributed by atoms with Crippen LogP contribution in [-0.4, -0.2) is 18.9 Å². The van der Waals surface area contributed by atoms with E-state index in [9.17, 15) is 9.59 Å². The molecule has 0 aromatic carbocycles. The number of carbonyl (C=O) groups is 2. The Labute approximate surface area is 84.4 Å². The lowest BCUT2D eigenvalue weighted by Gasteiger charge is -1.97. The molecule has 0 saturated carbocycles. The van der Waals surface area contributed by atoms with E-state index in [2.05, 4.69) is 4.74 Å². The third-order valence-corrected chi connectivity index (χ3v) is 1.47. The van der Waals surface area contributed by atoms with E-state index in [4.69, 9.17) is 0 Å². The molecule has 0 aliphatic carbocycles. The highest BCUT2D eigenvalue weighted by atomic mass is 16.5. The van der Waals surface area contributed by atoms with Crippen molar-refractivity contribution in [3.05, 3.63) is 23.3 Å². The maximum atomic E-state index is 11.3. The van der Waals surface area contributed by atoms with Gasteiger partial charge in [-0.2, -0.15) is 0 Å². The van der Waals surface area contributed by atoms with Gasteiger partial charge >= 0.3 is 5.97 Å². The molecule has 3 heteroatoms. The van der Waals surface area contributed by atoms with E-state index in [1.807, 2.05) is 13.8 Å². The minimum Gasteiger partial charge on any atom is -0.466 e. The molecule has 0 heterocycles. The fraction of sp³-hybridized carbons (Fsp3) is 0.455. The molecular weight excluding hydrogens is 180 g/mol. The predicted octanol–water partition coefficient (Wildman–Crippen LogP) is 2.03. The second kappa shape index (κ2) is 6.13. The maximum absolute atomic E-state index is 11.3. The summed E-state index contributed by atoms with van der Waals surface area (Å²) >= 11 is 0. The zero-order valence-electron chi connectivity index (χ0n) is 9.09. The zero-order chi connectivity index (χ0) is 11.1. The molecule has 78 valence electrons. The first kappa shape index (κ1) is 12.6. The van der Waals surface area contributed by atoms with Crippen molar-refractivity contribution < 1.29 is 14.3 Å². The van der Waals surface area contributed by atoms with Crippen LogP contribution in [0.5, 0.6) is 0 Å². The van der Waals surface area contributed by atoms with Crippen molar-refractivity contribution in [1.29, 1.82) is 0 Å². The van der Waals surface area contributed by atoms with Crippen LogP contribution in [-0.2, 0) is 14.3 Å². The van der Waals surface area contributed by atoms with E-state index < -0.39 is 5.97 Å². The maximum Gasteiger partial charge on any atom is 0.330 e. The molecule has 0 radical (unpaired) electrons. The third-order valence-electron chi connectivity index (χ3n) is 1.47. The smallest absolute Gasteiger partial charge is 0.330 e. The summed E-state index contributed by atoms with van der Waals surface area (Å²) in [7, 11) is 1.31. The van der Waals surface area contributed by atoms with E-state index in [1.165, 1.54) is 13.2 Å². The summed E-state index contributed by atoms with van der Waals surface area (Å²) < 4.78 is 4.44. The van der Waals surface area contributed by atoms with Gasteiger partial charge < -0.3 is 4.74 Å². The number of allylic oxidation sites excluding steroid dienone is 3. The van der Waals surface area contributed by atoms with Gasteiger partial charge in [0.2, 0.25) is 0 Å². The van der Waals surface area contributed by atoms with Crippen molar-refractivity contribution in [1.82, 2.24) is 0 Å². The molecule has 0 spiro atoms. The van der Waals surface area contributed by atoms with Crippen molar-refractivity contribution in [3.8, 4) is 0 Å². The van der Waals surface area contributed by atoms with Gasteiger partial charge in [0.25, 0.3) is 0 Å². The standard InChI is InChI=1S/C11H16O3/c1-8(2)5-10(12)6-9(3)7-11(13)14-4/h5,7H,6H2,1-4H3. The van der Waals surface area contributed by atoms with Crippen LogP contribution < -0.4 is 0 Å². The topological polar surface area (TPSA) is 43.4 Å². The average Bonchev–Trinajstić information content (AvgIpc) is 2.01. The van der Waals surface area contributed by atoms with E-state index >= 15 is 0 Å². The molecule has 0 saturated heterocycles. The molecule has 14 heavy (non-hydrogen) atoms. The van der Waals surface area contributed by atoms with Gasteiger partial charge in [-0.05, 0) is 26.8 Å². The van der Waals surface area contributed by atoms with Crippen molar-refractivity contribution in [3.63, 3.8) is 0 Å². The quantitative estimate of drug-likeness (QED) is 0.510. The number of esters is 1. The van der Waals surface area contributed by atoms with E-state index in [0.717, 1.165) is 5.57 Å². The second-order valence-corrected chi connectivity index (χ2v) is 3.38. The van der Waals surface area contributed by atoms with E-state index in [-0.39, 0.29) is 12.2 Å². The number of hydrogen-bond donors (Lipinski definition) is 0. The Balaban J connectivity index is 4.26. The average molecular weight is 196 g/mol. The number of ether oxygens (including phenoxy) is 1. The van der Waals surface area contributed by atoms with Crippen LogP contribution in [0.4, 0.5) is 0 Å². The molecule has 0 fully saturated rings. The fourth-order valence-electron chi connectivity index (χ4n) is 0.959. The summed E-state index contributed by atoms with van der Waals surface area (Å²) in [6.45, 7) is 5.45. The monoisotopic (exact) mass is 196 g/mol. The molecule has 3 nitrogen and oxygen atoms in total. The SMILES string of the molecule is COC(=O)C=C(C)CC(=O)C=C(C)C. The lowest BCUT2D eigenvalue weighted by molar-refractivity contribution is -0.134. The Kier molecular flexibility index (Phi) is 5.53. The second-order valence-electron chi connectivity index (χ2n) is 3.38. The third kappa shape index (κ3) is 6.17. The van der Waals surface area contributed by atoms with Gasteiger partial charge in [-0.1, -0.05) is 11.1 Å². The van der Waals surface area contributed by atoms with Gasteiger partial charge in [0, 0.05) is 12.5 Å². The minimum absolute atomic E-state index is 0.00246. The van der Waals surface area contributed by atoms with Crippen LogP contribution in [0, 0.1) is 0 Å². The number of carbonyl (C=O) groups excluding carboxylic acids is 2. The van der Waals surface area contributed by atoms with E-state index in [0.29, 0.717) is 5.57 Å². The molecule has 0 aliphatic rings. The molecule has 0 unspecified atom stereocenters. The van der Waals surface area contributed by atoms with Crippen molar-refractivity contribution in [2.75, 3.05) is 7.11 Å². The zero-order valence-corrected chi connectivity index (χ0v) is 9.09. The first-order valence-corrected chi connectivity index (χ1v) is 4.38. The van der Waals surface area contributed by atoms with Gasteiger partial charge in [0.05, 0.1) is 7.11 Å². The summed E-state index contributed by atoms with van der Waals surface area (Å²) in [5.74, 6) is -0.421. The van der Waals surface area contributed by atoms with Crippen molar-refractivity contribution in [2.45, 2.75) is 27.2 Å². The van der Waals surface area contributed by atoms with Gasteiger partial charge in [0.15, 0.2) is 5.78 Å². The van der Waals surface area contributed by atoms with Crippen LogP contribution in [0.3, 0.4) is 0 Å². The highest BCUT2D eigenvalue weighted by Crippen LogP contribution is 2.03. The molecule has 0 atom stereocenters. The first-order valence-electron chi connectivity index (χ1n) is 4.38. The summed E-state index contributed by atoms with van der Waals surface area (Å²) in [6, 6.07) is 0. The van der Waals surface area contributed by atoms with Crippen LogP contribution in [0.2, 0.25) is 0 Å². The predicted molar refractivity (Wildman–Crippen MR) is 54.8 cm³/mol.